The summed E-state index contributed by atoms with van der Waals surface area (Å²) in [7, 11) is 0. The summed E-state index contributed by atoms with van der Waals surface area (Å²) < 4.78 is 20.7. The number of nitrogens with zero attached hydrogens (tertiary/aromatic N) is 5. The highest BCUT2D eigenvalue weighted by Gasteiger charge is 2.17. The Balaban J connectivity index is 1.20. The third kappa shape index (κ3) is 5.61. The van der Waals surface area contributed by atoms with E-state index >= 15 is 0 Å². The lowest BCUT2D eigenvalue weighted by atomic mass is 10.1. The minimum Gasteiger partial charge on any atom is -0.492 e. The first kappa shape index (κ1) is 27.7. The van der Waals surface area contributed by atoms with Crippen LogP contribution in [0.4, 0.5) is 10.1 Å². The van der Waals surface area contributed by atoms with Crippen molar-refractivity contribution in [3.05, 3.63) is 73.1 Å². The topological polar surface area (TPSA) is 125 Å². The van der Waals surface area contributed by atoms with Crippen LogP contribution in [-0.4, -0.2) is 67.2 Å². The Bertz CT molecular complexity index is 1980. The molecule has 0 radical (unpaired) electrons. The minimum absolute atomic E-state index is 0.0816. The molecule has 3 N–H and O–H groups in total. The zero-order valence-electron chi connectivity index (χ0n) is 24.2. The molecule has 0 aliphatic carbocycles. The molecule has 10 nitrogen and oxygen atoms in total. The Labute approximate surface area is 252 Å². The van der Waals surface area contributed by atoms with E-state index in [0.717, 1.165) is 58.4 Å². The van der Waals surface area contributed by atoms with E-state index in [4.69, 9.17) is 4.74 Å². The highest BCUT2D eigenvalue weighted by atomic mass is 19.1. The first-order chi connectivity index (χ1) is 21.5. The number of amides is 1. The van der Waals surface area contributed by atoms with E-state index in [1.165, 1.54) is 25.0 Å². The lowest BCUT2D eigenvalue weighted by Gasteiger charge is -2.15. The SMILES string of the molecule is CCC(=O)Nc1cncc(-c2cnc3n[nH]c(-c4cc5c(-c6cc(F)cc(OCCN7CCCC7)c6)nccc5[nH]4)c3c2)c1. The van der Waals surface area contributed by atoms with E-state index in [1.54, 1.807) is 31.7 Å². The Morgan fingerprint density at radius 3 is 2.73 bits per heavy atom. The molecule has 5 aromatic heterocycles. The number of pyridine rings is 3. The number of nitrogens with one attached hydrogen (secondary N) is 3. The number of aromatic amines is 2. The van der Waals surface area contributed by atoms with Gasteiger partial charge in [0.05, 0.1) is 29.0 Å². The Morgan fingerprint density at radius 1 is 1.00 bits per heavy atom. The molecular formula is C33H31FN8O2. The maximum Gasteiger partial charge on any atom is 0.224 e. The van der Waals surface area contributed by atoms with Gasteiger partial charge >= 0.3 is 0 Å². The lowest BCUT2D eigenvalue weighted by Crippen LogP contribution is -2.25. The van der Waals surface area contributed by atoms with Gasteiger partial charge in [-0.05, 0) is 62.3 Å². The van der Waals surface area contributed by atoms with Gasteiger partial charge in [-0.1, -0.05) is 6.92 Å². The van der Waals surface area contributed by atoms with E-state index < -0.39 is 0 Å². The predicted octanol–water partition coefficient (Wildman–Crippen LogP) is 6.19. The monoisotopic (exact) mass is 590 g/mol. The maximum atomic E-state index is 14.8. The normalized spacial score (nSPS) is 13.6. The number of halogens is 1. The van der Waals surface area contributed by atoms with Gasteiger partial charge in [0.25, 0.3) is 0 Å². The molecule has 1 fully saturated rings. The number of ether oxygens (including phenoxy) is 1. The molecule has 6 heterocycles. The molecule has 1 amide bonds. The standard InChI is InChI=1S/C33H31FN8O2/c1-2-30(43)38-24-12-21(17-35-19-24)22-14-27-32(40-41-33(27)37-18-22)29-16-26-28(39-29)5-6-36-31(26)20-11-23(34)15-25(13-20)44-10-9-42-7-3-4-8-42/h5-6,11-19,39H,2-4,7-10H2,1H3,(H,38,43)(H,37,40,41). The predicted molar refractivity (Wildman–Crippen MR) is 168 cm³/mol. The molecule has 0 atom stereocenters. The van der Waals surface area contributed by atoms with E-state index in [-0.39, 0.29) is 11.7 Å². The zero-order chi connectivity index (χ0) is 30.0. The number of hydrogen-bond donors (Lipinski definition) is 3. The summed E-state index contributed by atoms with van der Waals surface area (Å²) in [4.78, 5) is 31.2. The van der Waals surface area contributed by atoms with E-state index in [9.17, 15) is 9.18 Å². The van der Waals surface area contributed by atoms with Crippen molar-refractivity contribution in [2.75, 3.05) is 31.6 Å². The summed E-state index contributed by atoms with van der Waals surface area (Å²) in [5.74, 6) is 0.0285. The van der Waals surface area contributed by atoms with Gasteiger partial charge < -0.3 is 15.0 Å². The number of carbonyl (C=O) groups is 1. The van der Waals surface area contributed by atoms with Crippen LogP contribution in [0.1, 0.15) is 26.2 Å². The van der Waals surface area contributed by atoms with Crippen LogP contribution in [0, 0.1) is 5.82 Å². The number of hydrogen-bond acceptors (Lipinski definition) is 7. The molecule has 1 saturated heterocycles. The number of rotatable bonds is 9. The minimum atomic E-state index is -0.376. The van der Waals surface area contributed by atoms with Crippen molar-refractivity contribution in [3.8, 4) is 39.5 Å². The Hall–Kier alpha value is -5.16. The zero-order valence-corrected chi connectivity index (χ0v) is 24.2. The van der Waals surface area contributed by atoms with Gasteiger partial charge in [0.2, 0.25) is 5.91 Å². The fourth-order valence-corrected chi connectivity index (χ4v) is 5.68. The number of anilines is 1. The first-order valence-electron chi connectivity index (χ1n) is 14.8. The van der Waals surface area contributed by atoms with Crippen molar-refractivity contribution in [3.63, 3.8) is 0 Å². The van der Waals surface area contributed by atoms with Gasteiger partial charge in [-0.3, -0.25) is 24.8 Å². The highest BCUT2D eigenvalue weighted by Crippen LogP contribution is 2.35. The highest BCUT2D eigenvalue weighted by molar-refractivity contribution is 6.00. The van der Waals surface area contributed by atoms with Crippen LogP contribution in [0.15, 0.2) is 67.3 Å². The fourth-order valence-electron chi connectivity index (χ4n) is 5.68. The van der Waals surface area contributed by atoms with Crippen molar-refractivity contribution < 1.29 is 13.9 Å². The van der Waals surface area contributed by atoms with Crippen molar-refractivity contribution in [2.24, 2.45) is 0 Å². The Morgan fingerprint density at radius 2 is 1.86 bits per heavy atom. The average Bonchev–Trinajstić information content (AvgIpc) is 3.80. The molecule has 0 unspecified atom stereocenters. The molecule has 7 rings (SSSR count). The molecule has 222 valence electrons. The van der Waals surface area contributed by atoms with Crippen molar-refractivity contribution in [2.45, 2.75) is 26.2 Å². The summed E-state index contributed by atoms with van der Waals surface area (Å²) in [5, 5.41) is 12.0. The van der Waals surface area contributed by atoms with Crippen molar-refractivity contribution in [1.82, 2.24) is 35.0 Å². The van der Waals surface area contributed by atoms with E-state index in [2.05, 4.69) is 40.3 Å². The maximum absolute atomic E-state index is 14.8. The number of H-pyrrole nitrogens is 2. The lowest BCUT2D eigenvalue weighted by molar-refractivity contribution is -0.115. The molecule has 44 heavy (non-hydrogen) atoms. The van der Waals surface area contributed by atoms with Gasteiger partial charge in [0.1, 0.15) is 18.2 Å². The number of carbonyl (C=O) groups excluding carboxylic acids is 1. The van der Waals surface area contributed by atoms with Crippen LogP contribution < -0.4 is 10.1 Å². The number of benzene rings is 1. The molecule has 0 saturated carbocycles. The van der Waals surface area contributed by atoms with Gasteiger partial charge in [-0.25, -0.2) is 9.37 Å². The molecule has 6 aromatic rings. The van der Waals surface area contributed by atoms with E-state index in [1.807, 2.05) is 30.3 Å². The quantitative estimate of drug-likeness (QED) is 0.183. The van der Waals surface area contributed by atoms with Crippen LogP contribution >= 0.6 is 0 Å². The van der Waals surface area contributed by atoms with Crippen molar-refractivity contribution in [1.29, 1.82) is 0 Å². The second-order valence-electron chi connectivity index (χ2n) is 10.9. The Kier molecular flexibility index (Phi) is 7.45. The average molecular weight is 591 g/mol. The molecule has 1 aromatic carbocycles. The molecule has 0 bridgehead atoms. The number of likely N-dealkylation sites (tertiary alicyclic amines) is 1. The van der Waals surface area contributed by atoms with Crippen LogP contribution in [0.2, 0.25) is 0 Å². The number of fused-ring (bicyclic) bond motifs is 2. The third-order valence-electron chi connectivity index (χ3n) is 7.92. The second kappa shape index (κ2) is 11.8. The fraction of sp³-hybridized carbons (Fsp3) is 0.242. The van der Waals surface area contributed by atoms with Gasteiger partial charge in [-0.15, -0.1) is 0 Å². The van der Waals surface area contributed by atoms with E-state index in [0.29, 0.717) is 41.4 Å². The van der Waals surface area contributed by atoms with Gasteiger partial charge in [0, 0.05) is 70.6 Å². The smallest absolute Gasteiger partial charge is 0.224 e. The summed E-state index contributed by atoms with van der Waals surface area (Å²) in [6.45, 7) is 5.31. The molecule has 1 aliphatic rings. The van der Waals surface area contributed by atoms with Crippen LogP contribution in [0.5, 0.6) is 5.75 Å². The third-order valence-corrected chi connectivity index (χ3v) is 7.92. The summed E-state index contributed by atoms with van der Waals surface area (Å²) >= 11 is 0. The molecular weight excluding hydrogens is 559 g/mol. The molecule has 1 aliphatic heterocycles. The summed E-state index contributed by atoms with van der Waals surface area (Å²) in [6, 6.07) is 12.5. The molecule has 11 heteroatoms. The summed E-state index contributed by atoms with van der Waals surface area (Å²) in [6.07, 6.45) is 9.60. The van der Waals surface area contributed by atoms with Crippen LogP contribution in [0.25, 0.3) is 55.7 Å². The van der Waals surface area contributed by atoms with Crippen LogP contribution in [-0.2, 0) is 4.79 Å². The largest absolute Gasteiger partial charge is 0.492 e. The number of aromatic nitrogens is 6. The first-order valence-corrected chi connectivity index (χ1v) is 14.8. The molecule has 0 spiro atoms. The second-order valence-corrected chi connectivity index (χ2v) is 10.9. The summed E-state index contributed by atoms with van der Waals surface area (Å²) in [5.41, 5.74) is 6.50. The van der Waals surface area contributed by atoms with Crippen molar-refractivity contribution >= 4 is 33.5 Å². The van der Waals surface area contributed by atoms with Gasteiger partial charge in [-0.2, -0.15) is 5.10 Å². The van der Waals surface area contributed by atoms with Crippen LogP contribution in [0.3, 0.4) is 0 Å². The van der Waals surface area contributed by atoms with Gasteiger partial charge in [0.15, 0.2) is 5.65 Å².